The number of benzene rings is 1. The van der Waals surface area contributed by atoms with Crippen LogP contribution < -0.4 is 0 Å². The number of ketones is 1. The average molecular weight is 294 g/mol. The van der Waals surface area contributed by atoms with Crippen molar-refractivity contribution in [2.75, 3.05) is 6.54 Å². The molecule has 3 rings (SSSR count). The van der Waals surface area contributed by atoms with Gasteiger partial charge in [0.1, 0.15) is 5.78 Å². The van der Waals surface area contributed by atoms with Crippen molar-refractivity contribution in [1.29, 1.82) is 0 Å². The van der Waals surface area contributed by atoms with Gasteiger partial charge in [0.2, 0.25) is 0 Å². The zero-order valence-corrected chi connectivity index (χ0v) is 11.3. The molecule has 0 unspecified atom stereocenters. The SMILES string of the molecule is O=C1C[C@@H]2CCCN2[C@@H](c2ccccc2Br)C1. The molecule has 2 fully saturated rings. The number of hydrogen-bond donors (Lipinski definition) is 0. The number of piperidine rings is 1. The lowest BCUT2D eigenvalue weighted by Gasteiger charge is -2.37. The number of rotatable bonds is 1. The standard InChI is InChI=1S/C14H16BrNO/c15-13-6-2-1-5-12(13)14-9-11(17)8-10-4-3-7-16(10)14/h1-2,5-6,10,14H,3-4,7-9H2/t10-,14+/m0/s1. The molecule has 0 saturated carbocycles. The Morgan fingerprint density at radius 1 is 1.24 bits per heavy atom. The van der Waals surface area contributed by atoms with E-state index in [-0.39, 0.29) is 0 Å². The molecule has 0 spiro atoms. The fourth-order valence-corrected chi connectivity index (χ4v) is 3.75. The van der Waals surface area contributed by atoms with E-state index in [4.69, 9.17) is 0 Å². The van der Waals surface area contributed by atoms with Crippen LogP contribution >= 0.6 is 15.9 Å². The number of hydrogen-bond acceptors (Lipinski definition) is 2. The first-order valence-electron chi connectivity index (χ1n) is 6.27. The summed E-state index contributed by atoms with van der Waals surface area (Å²) in [7, 11) is 0. The number of carbonyl (C=O) groups excluding carboxylic acids is 1. The highest BCUT2D eigenvalue weighted by Crippen LogP contribution is 2.40. The summed E-state index contributed by atoms with van der Waals surface area (Å²) < 4.78 is 1.13. The Kier molecular flexibility index (Phi) is 3.05. The molecule has 0 aliphatic carbocycles. The number of halogens is 1. The Hall–Kier alpha value is -0.670. The van der Waals surface area contributed by atoms with Gasteiger partial charge in [-0.25, -0.2) is 0 Å². The highest BCUT2D eigenvalue weighted by Gasteiger charge is 2.38. The van der Waals surface area contributed by atoms with Gasteiger partial charge in [0.05, 0.1) is 0 Å². The van der Waals surface area contributed by atoms with Crippen LogP contribution in [0.15, 0.2) is 28.7 Å². The molecule has 2 saturated heterocycles. The van der Waals surface area contributed by atoms with E-state index < -0.39 is 0 Å². The minimum absolute atomic E-state index is 0.291. The van der Waals surface area contributed by atoms with Crippen molar-refractivity contribution >= 4 is 21.7 Å². The van der Waals surface area contributed by atoms with E-state index in [1.165, 1.54) is 18.4 Å². The molecule has 90 valence electrons. The van der Waals surface area contributed by atoms with E-state index in [0.29, 0.717) is 24.3 Å². The molecule has 17 heavy (non-hydrogen) atoms. The van der Waals surface area contributed by atoms with Gasteiger partial charge in [0.15, 0.2) is 0 Å². The van der Waals surface area contributed by atoms with Crippen molar-refractivity contribution < 1.29 is 4.79 Å². The molecule has 2 nitrogen and oxygen atoms in total. The summed E-state index contributed by atoms with van der Waals surface area (Å²) in [5, 5.41) is 0. The lowest BCUT2D eigenvalue weighted by molar-refractivity contribution is -0.124. The van der Waals surface area contributed by atoms with Crippen molar-refractivity contribution in [3.63, 3.8) is 0 Å². The number of fused-ring (bicyclic) bond motifs is 1. The van der Waals surface area contributed by atoms with Crippen LogP contribution in [-0.2, 0) is 4.79 Å². The van der Waals surface area contributed by atoms with Crippen LogP contribution in [0.5, 0.6) is 0 Å². The second-order valence-corrected chi connectivity index (χ2v) is 5.87. The van der Waals surface area contributed by atoms with Crippen molar-refractivity contribution in [2.45, 2.75) is 37.8 Å². The van der Waals surface area contributed by atoms with Gasteiger partial charge in [0, 0.05) is 29.4 Å². The monoisotopic (exact) mass is 293 g/mol. The second-order valence-electron chi connectivity index (χ2n) is 5.02. The van der Waals surface area contributed by atoms with Crippen LogP contribution in [0.3, 0.4) is 0 Å². The topological polar surface area (TPSA) is 20.3 Å². The maximum absolute atomic E-state index is 11.9. The molecule has 0 aromatic heterocycles. The molecular weight excluding hydrogens is 278 g/mol. The van der Waals surface area contributed by atoms with Gasteiger partial charge < -0.3 is 0 Å². The number of Topliss-reactive ketones (excluding diaryl/α,β-unsaturated/α-hetero) is 1. The molecule has 3 heteroatoms. The fourth-order valence-electron chi connectivity index (χ4n) is 3.20. The lowest BCUT2D eigenvalue weighted by Crippen LogP contribution is -2.40. The first-order chi connectivity index (χ1) is 8.25. The lowest BCUT2D eigenvalue weighted by atomic mass is 9.91. The van der Waals surface area contributed by atoms with E-state index in [1.807, 2.05) is 6.07 Å². The van der Waals surface area contributed by atoms with Gasteiger partial charge >= 0.3 is 0 Å². The summed E-state index contributed by atoms with van der Waals surface area (Å²) in [5.74, 6) is 0.425. The first kappa shape index (κ1) is 11.4. The van der Waals surface area contributed by atoms with Crippen molar-refractivity contribution in [3.8, 4) is 0 Å². The zero-order chi connectivity index (χ0) is 11.8. The van der Waals surface area contributed by atoms with Gasteiger partial charge in [0.25, 0.3) is 0 Å². The third kappa shape index (κ3) is 2.06. The minimum atomic E-state index is 0.291. The van der Waals surface area contributed by atoms with E-state index in [9.17, 15) is 4.79 Å². The largest absolute Gasteiger partial charge is 0.300 e. The van der Waals surface area contributed by atoms with Gasteiger partial charge in [-0.1, -0.05) is 34.1 Å². The van der Waals surface area contributed by atoms with Crippen LogP contribution in [0.1, 0.15) is 37.3 Å². The molecule has 0 radical (unpaired) electrons. The Labute approximate surface area is 110 Å². The molecule has 0 bridgehead atoms. The van der Waals surface area contributed by atoms with Crippen LogP contribution in [-0.4, -0.2) is 23.3 Å². The zero-order valence-electron chi connectivity index (χ0n) is 9.73. The summed E-state index contributed by atoms with van der Waals surface area (Å²) in [4.78, 5) is 14.4. The van der Waals surface area contributed by atoms with Crippen LogP contribution in [0.2, 0.25) is 0 Å². The molecule has 2 aliphatic heterocycles. The Bertz CT molecular complexity index is 446. The summed E-state index contributed by atoms with van der Waals surface area (Å²) in [6.07, 6.45) is 3.87. The molecule has 0 amide bonds. The summed E-state index contributed by atoms with van der Waals surface area (Å²) >= 11 is 3.61. The summed E-state index contributed by atoms with van der Waals surface area (Å²) in [5.41, 5.74) is 1.27. The third-order valence-electron chi connectivity index (χ3n) is 3.97. The van der Waals surface area contributed by atoms with Gasteiger partial charge in [-0.05, 0) is 31.0 Å². The quantitative estimate of drug-likeness (QED) is 0.792. The van der Waals surface area contributed by atoms with Crippen molar-refractivity contribution in [3.05, 3.63) is 34.3 Å². The van der Waals surface area contributed by atoms with E-state index in [0.717, 1.165) is 17.4 Å². The first-order valence-corrected chi connectivity index (χ1v) is 7.07. The third-order valence-corrected chi connectivity index (χ3v) is 4.69. The summed E-state index contributed by atoms with van der Waals surface area (Å²) in [6, 6.07) is 9.08. The Morgan fingerprint density at radius 2 is 2.06 bits per heavy atom. The predicted molar refractivity (Wildman–Crippen MR) is 70.9 cm³/mol. The van der Waals surface area contributed by atoms with E-state index >= 15 is 0 Å². The van der Waals surface area contributed by atoms with E-state index in [1.54, 1.807) is 0 Å². The second kappa shape index (κ2) is 4.54. The number of carbonyl (C=O) groups is 1. The van der Waals surface area contributed by atoms with Crippen LogP contribution in [0.25, 0.3) is 0 Å². The Balaban J connectivity index is 1.95. The normalized spacial score (nSPS) is 29.4. The molecule has 2 heterocycles. The maximum Gasteiger partial charge on any atom is 0.136 e. The van der Waals surface area contributed by atoms with E-state index in [2.05, 4.69) is 39.0 Å². The van der Waals surface area contributed by atoms with Gasteiger partial charge in [-0.15, -0.1) is 0 Å². The average Bonchev–Trinajstić information content (AvgIpc) is 2.76. The van der Waals surface area contributed by atoms with Gasteiger partial charge in [-0.2, -0.15) is 0 Å². The predicted octanol–water partition coefficient (Wildman–Crippen LogP) is 3.32. The van der Waals surface area contributed by atoms with Crippen LogP contribution in [0.4, 0.5) is 0 Å². The van der Waals surface area contributed by atoms with Crippen LogP contribution in [0, 0.1) is 0 Å². The minimum Gasteiger partial charge on any atom is -0.300 e. The van der Waals surface area contributed by atoms with Gasteiger partial charge in [-0.3, -0.25) is 9.69 Å². The molecular formula is C14H16BrNO. The highest BCUT2D eigenvalue weighted by molar-refractivity contribution is 9.10. The van der Waals surface area contributed by atoms with Crippen molar-refractivity contribution in [2.24, 2.45) is 0 Å². The smallest absolute Gasteiger partial charge is 0.136 e. The maximum atomic E-state index is 11.9. The fraction of sp³-hybridized carbons (Fsp3) is 0.500. The highest BCUT2D eigenvalue weighted by atomic mass is 79.9. The summed E-state index contributed by atoms with van der Waals surface area (Å²) in [6.45, 7) is 1.14. The molecule has 1 aromatic carbocycles. The van der Waals surface area contributed by atoms with Crippen molar-refractivity contribution in [1.82, 2.24) is 4.90 Å². The molecule has 1 aromatic rings. The number of nitrogens with zero attached hydrogens (tertiary/aromatic N) is 1. The molecule has 0 N–H and O–H groups in total. The molecule has 2 aliphatic rings. The molecule has 2 atom stereocenters. The Morgan fingerprint density at radius 3 is 2.88 bits per heavy atom.